The molecule has 0 saturated heterocycles. The molecule has 4 nitrogen and oxygen atoms in total. The van der Waals surface area contributed by atoms with E-state index in [0.717, 1.165) is 29.3 Å². The lowest BCUT2D eigenvalue weighted by Gasteiger charge is -2.23. The topological polar surface area (TPSA) is 63.8 Å². The summed E-state index contributed by atoms with van der Waals surface area (Å²) >= 11 is 0. The van der Waals surface area contributed by atoms with Crippen molar-refractivity contribution in [3.63, 3.8) is 0 Å². The lowest BCUT2D eigenvalue weighted by Crippen LogP contribution is -2.14. The molecule has 0 fully saturated rings. The van der Waals surface area contributed by atoms with Crippen molar-refractivity contribution in [2.75, 3.05) is 11.1 Å². The number of hydrogen-bond acceptors (Lipinski definition) is 4. The van der Waals surface area contributed by atoms with E-state index < -0.39 is 0 Å². The van der Waals surface area contributed by atoms with E-state index in [1.54, 1.807) is 0 Å². The van der Waals surface area contributed by atoms with E-state index in [9.17, 15) is 0 Å². The smallest absolute Gasteiger partial charge is 0.139 e. The van der Waals surface area contributed by atoms with Crippen molar-refractivity contribution in [1.29, 1.82) is 0 Å². The molecule has 0 aliphatic carbocycles. The highest BCUT2D eigenvalue weighted by molar-refractivity contribution is 5.67. The van der Waals surface area contributed by atoms with Crippen LogP contribution < -0.4 is 11.1 Å². The third kappa shape index (κ3) is 3.32. The number of para-hydroxylation sites is 1. The van der Waals surface area contributed by atoms with Crippen LogP contribution in [0.1, 0.15) is 44.6 Å². The van der Waals surface area contributed by atoms with Crippen LogP contribution >= 0.6 is 0 Å². The molecule has 1 heterocycles. The van der Waals surface area contributed by atoms with Gasteiger partial charge in [0.2, 0.25) is 0 Å². The van der Waals surface area contributed by atoms with Crippen molar-refractivity contribution < 1.29 is 0 Å². The molecular formula is C17H24N4. The Balaban J connectivity index is 2.46. The fourth-order valence-corrected chi connectivity index (χ4v) is 2.24. The number of anilines is 3. The van der Waals surface area contributed by atoms with Crippen LogP contribution in [0.3, 0.4) is 0 Å². The lowest BCUT2D eigenvalue weighted by atomic mass is 9.86. The predicted octanol–water partition coefficient (Wildman–Crippen LogP) is 3.97. The molecule has 3 N–H and O–H groups in total. The number of aromatic nitrogens is 2. The van der Waals surface area contributed by atoms with Gasteiger partial charge < -0.3 is 11.1 Å². The Labute approximate surface area is 126 Å². The molecule has 21 heavy (non-hydrogen) atoms. The molecule has 0 aliphatic heterocycles. The first-order chi connectivity index (χ1) is 9.82. The summed E-state index contributed by atoms with van der Waals surface area (Å²) in [6, 6.07) is 8.30. The summed E-state index contributed by atoms with van der Waals surface area (Å²) in [4.78, 5) is 8.86. The van der Waals surface area contributed by atoms with Gasteiger partial charge in [-0.1, -0.05) is 45.9 Å². The number of nitrogens with zero attached hydrogens (tertiary/aromatic N) is 2. The van der Waals surface area contributed by atoms with Crippen molar-refractivity contribution >= 4 is 17.3 Å². The van der Waals surface area contributed by atoms with E-state index in [4.69, 9.17) is 5.73 Å². The maximum atomic E-state index is 5.98. The molecule has 0 amide bonds. The summed E-state index contributed by atoms with van der Waals surface area (Å²) in [7, 11) is 0. The van der Waals surface area contributed by atoms with Gasteiger partial charge in [-0.3, -0.25) is 0 Å². The van der Waals surface area contributed by atoms with Crippen molar-refractivity contribution in [3.8, 4) is 0 Å². The summed E-state index contributed by atoms with van der Waals surface area (Å²) in [5, 5.41) is 3.43. The first kappa shape index (κ1) is 15.3. The van der Waals surface area contributed by atoms with Crippen LogP contribution in [0.25, 0.3) is 0 Å². The highest BCUT2D eigenvalue weighted by atomic mass is 15.1. The lowest BCUT2D eigenvalue weighted by molar-refractivity contribution is 0.592. The minimum absolute atomic E-state index is 0.0592. The third-order valence-electron chi connectivity index (χ3n) is 3.53. The average molecular weight is 284 g/mol. The Morgan fingerprint density at radius 3 is 2.43 bits per heavy atom. The summed E-state index contributed by atoms with van der Waals surface area (Å²) < 4.78 is 0. The van der Waals surface area contributed by atoms with E-state index in [1.165, 1.54) is 5.56 Å². The molecule has 2 rings (SSSR count). The molecule has 0 atom stereocenters. The Kier molecular flexibility index (Phi) is 4.16. The molecule has 1 aromatic heterocycles. The Bertz CT molecular complexity index is 642. The van der Waals surface area contributed by atoms with Crippen LogP contribution in [0.5, 0.6) is 0 Å². The number of nitrogens with two attached hydrogens (primary N) is 1. The van der Waals surface area contributed by atoms with Gasteiger partial charge in [0, 0.05) is 17.7 Å². The second kappa shape index (κ2) is 5.72. The van der Waals surface area contributed by atoms with E-state index in [2.05, 4.69) is 54.3 Å². The molecule has 1 aromatic carbocycles. The van der Waals surface area contributed by atoms with E-state index in [1.807, 2.05) is 19.9 Å². The molecule has 4 heteroatoms. The van der Waals surface area contributed by atoms with Crippen LogP contribution in [-0.4, -0.2) is 9.97 Å². The van der Waals surface area contributed by atoms with E-state index >= 15 is 0 Å². The second-order valence-electron chi connectivity index (χ2n) is 6.27. The van der Waals surface area contributed by atoms with E-state index in [-0.39, 0.29) is 5.41 Å². The van der Waals surface area contributed by atoms with Gasteiger partial charge in [-0.05, 0) is 24.0 Å². The average Bonchev–Trinajstić information content (AvgIpc) is 2.43. The van der Waals surface area contributed by atoms with Crippen LogP contribution in [0.2, 0.25) is 0 Å². The minimum atomic E-state index is 0.0592. The molecule has 0 aliphatic rings. The second-order valence-corrected chi connectivity index (χ2v) is 6.27. The Morgan fingerprint density at radius 2 is 1.81 bits per heavy atom. The first-order valence-electron chi connectivity index (χ1n) is 7.32. The van der Waals surface area contributed by atoms with Gasteiger partial charge >= 0.3 is 0 Å². The molecule has 0 bridgehead atoms. The number of aryl methyl sites for hydroxylation is 1. The van der Waals surface area contributed by atoms with Gasteiger partial charge in [0.05, 0.1) is 0 Å². The van der Waals surface area contributed by atoms with Crippen molar-refractivity contribution in [2.24, 2.45) is 0 Å². The molecule has 2 aromatic rings. The summed E-state index contributed by atoms with van der Waals surface area (Å²) in [6.07, 6.45) is 0.764. The van der Waals surface area contributed by atoms with Crippen molar-refractivity contribution in [1.82, 2.24) is 9.97 Å². The quantitative estimate of drug-likeness (QED) is 0.895. The Hall–Kier alpha value is -2.10. The van der Waals surface area contributed by atoms with Gasteiger partial charge in [-0.25, -0.2) is 9.97 Å². The zero-order chi connectivity index (χ0) is 15.6. The van der Waals surface area contributed by atoms with Crippen LogP contribution in [0.15, 0.2) is 24.3 Å². The number of hydrogen-bond donors (Lipinski definition) is 2. The maximum Gasteiger partial charge on any atom is 0.139 e. The number of benzene rings is 1. The van der Waals surface area contributed by atoms with Gasteiger partial charge in [-0.2, -0.15) is 0 Å². The minimum Gasteiger partial charge on any atom is -0.383 e. The molecule has 0 spiro atoms. The molecule has 0 radical (unpaired) electrons. The summed E-state index contributed by atoms with van der Waals surface area (Å²) in [5.41, 5.74) is 9.24. The van der Waals surface area contributed by atoms with Gasteiger partial charge in [0.25, 0.3) is 0 Å². The fraction of sp³-hybridized carbons (Fsp3) is 0.412. The van der Waals surface area contributed by atoms with Gasteiger partial charge in [0.15, 0.2) is 0 Å². The van der Waals surface area contributed by atoms with Crippen molar-refractivity contribution in [3.05, 3.63) is 41.2 Å². The maximum absolute atomic E-state index is 5.98. The van der Waals surface area contributed by atoms with Crippen molar-refractivity contribution in [2.45, 2.75) is 46.5 Å². The molecule has 112 valence electrons. The van der Waals surface area contributed by atoms with Crippen LogP contribution in [0.4, 0.5) is 17.3 Å². The highest BCUT2D eigenvalue weighted by Crippen LogP contribution is 2.32. The molecule has 0 unspecified atom stereocenters. The van der Waals surface area contributed by atoms with Gasteiger partial charge in [0.1, 0.15) is 17.5 Å². The highest BCUT2D eigenvalue weighted by Gasteiger charge is 2.18. The van der Waals surface area contributed by atoms with E-state index in [0.29, 0.717) is 5.82 Å². The normalized spacial score (nSPS) is 11.5. The molecular weight excluding hydrogens is 260 g/mol. The third-order valence-corrected chi connectivity index (χ3v) is 3.53. The number of nitrogens with one attached hydrogen (secondary N) is 1. The summed E-state index contributed by atoms with van der Waals surface area (Å²) in [5.74, 6) is 2.09. The SMILES string of the molecule is CCc1nc(N)c(C)c(Nc2ccccc2C(C)(C)C)n1. The molecule has 0 saturated carbocycles. The number of nitrogen functional groups attached to an aromatic ring is 1. The zero-order valence-electron chi connectivity index (χ0n) is 13.5. The standard InChI is InChI=1S/C17H24N4/c1-6-14-20-15(18)11(2)16(21-14)19-13-10-8-7-9-12(13)17(3,4)5/h7-10H,6H2,1-5H3,(H3,18,19,20,21). The van der Waals surface area contributed by atoms with Gasteiger partial charge in [-0.15, -0.1) is 0 Å². The van der Waals surface area contributed by atoms with Crippen LogP contribution in [0, 0.1) is 6.92 Å². The predicted molar refractivity (Wildman–Crippen MR) is 89.0 cm³/mol. The number of rotatable bonds is 3. The zero-order valence-corrected chi connectivity index (χ0v) is 13.5. The first-order valence-corrected chi connectivity index (χ1v) is 7.32. The Morgan fingerprint density at radius 1 is 1.14 bits per heavy atom. The fourth-order valence-electron chi connectivity index (χ4n) is 2.24. The largest absolute Gasteiger partial charge is 0.383 e. The summed E-state index contributed by atoms with van der Waals surface area (Å²) in [6.45, 7) is 10.6. The monoisotopic (exact) mass is 284 g/mol. The van der Waals surface area contributed by atoms with Crippen LogP contribution in [-0.2, 0) is 11.8 Å².